The Labute approximate surface area is 122 Å². The summed E-state index contributed by atoms with van der Waals surface area (Å²) in [5.74, 6) is 1.45. The van der Waals surface area contributed by atoms with Gasteiger partial charge >= 0.3 is 0 Å². The zero-order chi connectivity index (χ0) is 13.9. The van der Waals surface area contributed by atoms with Gasteiger partial charge in [-0.1, -0.05) is 25.0 Å². The van der Waals surface area contributed by atoms with Gasteiger partial charge in [-0.05, 0) is 37.5 Å². The molecule has 1 aliphatic carbocycles. The number of nitrogens with zero attached hydrogens (tertiary/aromatic N) is 2. The van der Waals surface area contributed by atoms with Crippen LogP contribution in [0.25, 0.3) is 0 Å². The molecule has 3 rings (SSSR count). The van der Waals surface area contributed by atoms with Crippen molar-refractivity contribution in [3.8, 4) is 0 Å². The SMILES string of the molecule is Cc1cccc(N2CCN(C(=N)C3CCCC3)CC2)c1. The number of benzene rings is 1. The topological polar surface area (TPSA) is 30.3 Å². The highest BCUT2D eigenvalue weighted by molar-refractivity contribution is 5.82. The molecule has 20 heavy (non-hydrogen) atoms. The highest BCUT2D eigenvalue weighted by atomic mass is 15.3. The van der Waals surface area contributed by atoms with Gasteiger partial charge in [-0.25, -0.2) is 0 Å². The molecular weight excluding hydrogens is 246 g/mol. The van der Waals surface area contributed by atoms with Gasteiger partial charge in [-0.15, -0.1) is 0 Å². The van der Waals surface area contributed by atoms with Gasteiger partial charge in [0.2, 0.25) is 0 Å². The minimum Gasteiger partial charge on any atom is -0.368 e. The fourth-order valence-corrected chi connectivity index (χ4v) is 3.49. The minimum atomic E-state index is 0.542. The minimum absolute atomic E-state index is 0.542. The molecule has 1 saturated heterocycles. The average molecular weight is 271 g/mol. The van der Waals surface area contributed by atoms with E-state index in [2.05, 4.69) is 41.0 Å². The van der Waals surface area contributed by atoms with E-state index in [1.165, 1.54) is 36.9 Å². The van der Waals surface area contributed by atoms with Crippen molar-refractivity contribution in [1.29, 1.82) is 5.41 Å². The summed E-state index contributed by atoms with van der Waals surface area (Å²) in [5.41, 5.74) is 2.65. The molecule has 1 N–H and O–H groups in total. The van der Waals surface area contributed by atoms with Crippen LogP contribution in [-0.4, -0.2) is 36.9 Å². The maximum absolute atomic E-state index is 8.39. The molecule has 1 saturated carbocycles. The van der Waals surface area contributed by atoms with Crippen LogP contribution in [0.2, 0.25) is 0 Å². The smallest absolute Gasteiger partial charge is 0.0990 e. The van der Waals surface area contributed by atoms with Crippen LogP contribution in [0.1, 0.15) is 31.2 Å². The van der Waals surface area contributed by atoms with Crippen molar-refractivity contribution in [1.82, 2.24) is 4.90 Å². The molecule has 2 aliphatic rings. The van der Waals surface area contributed by atoms with Crippen molar-refractivity contribution < 1.29 is 0 Å². The second kappa shape index (κ2) is 5.86. The third-order valence-corrected chi connectivity index (χ3v) is 4.73. The molecule has 0 atom stereocenters. The third-order valence-electron chi connectivity index (χ3n) is 4.73. The van der Waals surface area contributed by atoms with E-state index in [0.29, 0.717) is 5.92 Å². The second-order valence-electron chi connectivity index (χ2n) is 6.18. The molecule has 3 heteroatoms. The highest BCUT2D eigenvalue weighted by Crippen LogP contribution is 2.27. The number of piperazine rings is 1. The molecule has 0 radical (unpaired) electrons. The van der Waals surface area contributed by atoms with Crippen molar-refractivity contribution in [2.24, 2.45) is 5.92 Å². The summed E-state index contributed by atoms with van der Waals surface area (Å²) >= 11 is 0. The Bertz CT molecular complexity index is 469. The first-order valence-electron chi connectivity index (χ1n) is 7.89. The normalized spacial score (nSPS) is 20.4. The molecular formula is C17H25N3. The lowest BCUT2D eigenvalue weighted by atomic mass is 10.1. The van der Waals surface area contributed by atoms with Crippen molar-refractivity contribution in [2.45, 2.75) is 32.6 Å². The summed E-state index contributed by atoms with van der Waals surface area (Å²) < 4.78 is 0. The summed E-state index contributed by atoms with van der Waals surface area (Å²) in [6, 6.07) is 8.75. The van der Waals surface area contributed by atoms with Gasteiger partial charge in [0.05, 0.1) is 5.84 Å². The van der Waals surface area contributed by atoms with E-state index in [-0.39, 0.29) is 0 Å². The molecule has 0 spiro atoms. The predicted octanol–water partition coefficient (Wildman–Crippen LogP) is 3.28. The van der Waals surface area contributed by atoms with Crippen LogP contribution in [0.4, 0.5) is 5.69 Å². The van der Waals surface area contributed by atoms with E-state index in [0.717, 1.165) is 32.0 Å². The molecule has 0 bridgehead atoms. The molecule has 0 amide bonds. The molecule has 0 unspecified atom stereocenters. The van der Waals surface area contributed by atoms with E-state index < -0.39 is 0 Å². The van der Waals surface area contributed by atoms with Crippen LogP contribution in [0.5, 0.6) is 0 Å². The van der Waals surface area contributed by atoms with E-state index in [1.54, 1.807) is 0 Å². The van der Waals surface area contributed by atoms with Gasteiger partial charge in [0.1, 0.15) is 0 Å². The van der Waals surface area contributed by atoms with Gasteiger partial charge in [0, 0.05) is 37.8 Å². The van der Waals surface area contributed by atoms with E-state index in [4.69, 9.17) is 5.41 Å². The molecule has 2 fully saturated rings. The van der Waals surface area contributed by atoms with Crippen molar-refractivity contribution in [3.05, 3.63) is 29.8 Å². The van der Waals surface area contributed by atoms with Gasteiger partial charge in [-0.3, -0.25) is 5.41 Å². The number of hydrogen-bond donors (Lipinski definition) is 1. The first kappa shape index (κ1) is 13.5. The van der Waals surface area contributed by atoms with Crippen LogP contribution in [-0.2, 0) is 0 Å². The zero-order valence-electron chi connectivity index (χ0n) is 12.4. The van der Waals surface area contributed by atoms with Crippen LogP contribution in [0.3, 0.4) is 0 Å². The Morgan fingerprint density at radius 2 is 1.80 bits per heavy atom. The summed E-state index contributed by atoms with van der Waals surface area (Å²) in [5, 5.41) is 8.39. The molecule has 1 heterocycles. The lowest BCUT2D eigenvalue weighted by Gasteiger charge is -2.38. The van der Waals surface area contributed by atoms with Crippen molar-refractivity contribution in [3.63, 3.8) is 0 Å². The van der Waals surface area contributed by atoms with E-state index in [1.807, 2.05) is 0 Å². The Balaban J connectivity index is 1.58. The summed E-state index contributed by atoms with van der Waals surface area (Å²) in [4.78, 5) is 4.76. The fourth-order valence-electron chi connectivity index (χ4n) is 3.49. The standard InChI is InChI=1S/C17H25N3/c1-14-5-4-8-16(13-14)19-9-11-20(12-10-19)17(18)15-6-2-3-7-15/h4-5,8,13,15,18H,2-3,6-7,9-12H2,1H3. The second-order valence-corrected chi connectivity index (χ2v) is 6.18. The summed E-state index contributed by atoms with van der Waals surface area (Å²) in [6.07, 6.45) is 5.10. The van der Waals surface area contributed by atoms with Crippen molar-refractivity contribution >= 4 is 11.5 Å². The predicted molar refractivity (Wildman–Crippen MR) is 84.6 cm³/mol. The highest BCUT2D eigenvalue weighted by Gasteiger charge is 2.26. The van der Waals surface area contributed by atoms with E-state index in [9.17, 15) is 0 Å². The number of rotatable bonds is 2. The van der Waals surface area contributed by atoms with Gasteiger partial charge in [0.25, 0.3) is 0 Å². The summed E-state index contributed by atoms with van der Waals surface area (Å²) in [7, 11) is 0. The van der Waals surface area contributed by atoms with Gasteiger partial charge in [-0.2, -0.15) is 0 Å². The Kier molecular flexibility index (Phi) is 3.95. The third kappa shape index (κ3) is 2.82. The molecule has 1 aromatic carbocycles. The molecule has 108 valence electrons. The largest absolute Gasteiger partial charge is 0.368 e. The van der Waals surface area contributed by atoms with Crippen LogP contribution < -0.4 is 4.90 Å². The molecule has 1 aromatic rings. The lowest BCUT2D eigenvalue weighted by Crippen LogP contribution is -2.50. The van der Waals surface area contributed by atoms with Crippen LogP contribution in [0.15, 0.2) is 24.3 Å². The maximum atomic E-state index is 8.39. The molecule has 1 aliphatic heterocycles. The van der Waals surface area contributed by atoms with Crippen LogP contribution >= 0.6 is 0 Å². The Morgan fingerprint density at radius 3 is 2.45 bits per heavy atom. The number of aryl methyl sites for hydroxylation is 1. The van der Waals surface area contributed by atoms with Crippen molar-refractivity contribution in [2.75, 3.05) is 31.1 Å². The van der Waals surface area contributed by atoms with Crippen LogP contribution in [0, 0.1) is 18.3 Å². The quantitative estimate of drug-likeness (QED) is 0.661. The fraction of sp³-hybridized carbons (Fsp3) is 0.588. The zero-order valence-corrected chi connectivity index (χ0v) is 12.4. The number of anilines is 1. The first-order valence-corrected chi connectivity index (χ1v) is 7.89. The Hall–Kier alpha value is -1.51. The van der Waals surface area contributed by atoms with Gasteiger partial charge in [0.15, 0.2) is 0 Å². The number of hydrogen-bond acceptors (Lipinski definition) is 2. The number of amidine groups is 1. The lowest BCUT2D eigenvalue weighted by molar-refractivity contribution is 0.362. The maximum Gasteiger partial charge on any atom is 0.0990 e. The monoisotopic (exact) mass is 271 g/mol. The summed E-state index contributed by atoms with van der Waals surface area (Å²) in [6.45, 7) is 6.24. The van der Waals surface area contributed by atoms with E-state index >= 15 is 0 Å². The van der Waals surface area contributed by atoms with Gasteiger partial charge < -0.3 is 9.80 Å². The Morgan fingerprint density at radius 1 is 1.10 bits per heavy atom. The average Bonchev–Trinajstić information content (AvgIpc) is 3.01. The first-order chi connectivity index (χ1) is 9.74. The molecule has 3 nitrogen and oxygen atoms in total. The molecule has 0 aromatic heterocycles. The number of nitrogens with one attached hydrogen (secondary N) is 1.